The van der Waals surface area contributed by atoms with E-state index in [9.17, 15) is 18.4 Å². The van der Waals surface area contributed by atoms with E-state index in [0.717, 1.165) is 10.2 Å². The lowest BCUT2D eigenvalue weighted by Gasteiger charge is -2.16. The molecule has 9 heteroatoms. The first-order chi connectivity index (χ1) is 15.7. The van der Waals surface area contributed by atoms with Crippen molar-refractivity contribution in [3.05, 3.63) is 83.1 Å². The van der Waals surface area contributed by atoms with Crippen LogP contribution >= 0.6 is 0 Å². The summed E-state index contributed by atoms with van der Waals surface area (Å²) in [6.45, 7) is 5.38. The van der Waals surface area contributed by atoms with Gasteiger partial charge in [0.05, 0.1) is 18.7 Å². The van der Waals surface area contributed by atoms with Gasteiger partial charge in [-0.1, -0.05) is 36.9 Å². The van der Waals surface area contributed by atoms with Crippen LogP contribution in [0.3, 0.4) is 0 Å². The van der Waals surface area contributed by atoms with Crippen molar-refractivity contribution >= 4 is 18.0 Å². The zero-order chi connectivity index (χ0) is 24.1. The molecule has 7 nitrogen and oxygen atoms in total. The number of hydrogen-bond acceptors (Lipinski definition) is 5. The summed E-state index contributed by atoms with van der Waals surface area (Å²) in [5, 5.41) is 6.49. The van der Waals surface area contributed by atoms with E-state index in [0.29, 0.717) is 16.9 Å². The van der Waals surface area contributed by atoms with E-state index in [1.807, 2.05) is 0 Å². The van der Waals surface area contributed by atoms with Gasteiger partial charge in [-0.2, -0.15) is 5.10 Å². The van der Waals surface area contributed by atoms with E-state index in [2.05, 4.69) is 21.7 Å². The SMILES string of the molecule is C=Cc1cccc(Oc2c(C(=O)NC(C)c3ccc(C(=O)OC)cc3)c(C(F)F)nn2C)c1. The molecule has 1 N–H and O–H groups in total. The summed E-state index contributed by atoms with van der Waals surface area (Å²) in [5.74, 6) is -1.02. The Morgan fingerprint density at radius 3 is 2.48 bits per heavy atom. The number of carbonyl (C=O) groups is 2. The Labute approximate surface area is 189 Å². The van der Waals surface area contributed by atoms with Gasteiger partial charge in [0, 0.05) is 7.05 Å². The van der Waals surface area contributed by atoms with Gasteiger partial charge in [-0.3, -0.25) is 4.79 Å². The maximum absolute atomic E-state index is 13.7. The number of alkyl halides is 2. The van der Waals surface area contributed by atoms with Crippen molar-refractivity contribution < 1.29 is 27.8 Å². The molecule has 0 fully saturated rings. The number of ether oxygens (including phenoxy) is 2. The normalized spacial score (nSPS) is 11.7. The van der Waals surface area contributed by atoms with Crippen LogP contribution in [0.2, 0.25) is 0 Å². The molecule has 0 radical (unpaired) electrons. The molecule has 3 aromatic rings. The first-order valence-corrected chi connectivity index (χ1v) is 9.99. The quantitative estimate of drug-likeness (QED) is 0.480. The van der Waals surface area contributed by atoms with Crippen LogP contribution in [-0.4, -0.2) is 28.8 Å². The molecule has 0 bridgehead atoms. The van der Waals surface area contributed by atoms with Gasteiger partial charge >= 0.3 is 5.97 Å². The van der Waals surface area contributed by atoms with Gasteiger partial charge in [-0.05, 0) is 42.3 Å². The molecule has 0 aliphatic carbocycles. The minimum atomic E-state index is -2.98. The number of nitrogens with zero attached hydrogens (tertiary/aromatic N) is 2. The number of benzene rings is 2. The van der Waals surface area contributed by atoms with Crippen LogP contribution in [0.5, 0.6) is 11.6 Å². The standard InChI is InChI=1S/C24H23F2N3O4/c1-5-15-7-6-8-18(13-15)33-23-19(20(21(25)26)28-29(23)3)22(30)27-14(2)16-9-11-17(12-10-16)24(31)32-4/h5-14,21H,1H2,2-4H3,(H,27,30). The topological polar surface area (TPSA) is 82.4 Å². The molecule has 0 saturated carbocycles. The minimum Gasteiger partial charge on any atom is -0.465 e. The Morgan fingerprint density at radius 1 is 1.18 bits per heavy atom. The summed E-state index contributed by atoms with van der Waals surface area (Å²) in [6.07, 6.45) is -1.37. The van der Waals surface area contributed by atoms with Crippen LogP contribution in [0.4, 0.5) is 8.78 Å². The predicted molar refractivity (Wildman–Crippen MR) is 118 cm³/mol. The molecule has 2 aromatic carbocycles. The maximum Gasteiger partial charge on any atom is 0.337 e. The summed E-state index contributed by atoms with van der Waals surface area (Å²) in [5.41, 5.74) is 0.746. The second kappa shape index (κ2) is 10.1. The molecule has 33 heavy (non-hydrogen) atoms. The lowest BCUT2D eigenvalue weighted by molar-refractivity contribution is 0.0600. The number of nitrogens with one attached hydrogen (secondary N) is 1. The van der Waals surface area contributed by atoms with E-state index in [-0.39, 0.29) is 11.4 Å². The van der Waals surface area contributed by atoms with Crippen LogP contribution in [0.25, 0.3) is 6.08 Å². The Bertz CT molecular complexity index is 1170. The van der Waals surface area contributed by atoms with Crippen LogP contribution in [0.1, 0.15) is 56.9 Å². The number of amides is 1. The monoisotopic (exact) mass is 455 g/mol. The number of hydrogen-bond donors (Lipinski definition) is 1. The zero-order valence-corrected chi connectivity index (χ0v) is 18.3. The van der Waals surface area contributed by atoms with Gasteiger partial charge in [0.2, 0.25) is 5.88 Å². The Morgan fingerprint density at radius 2 is 1.88 bits per heavy atom. The third-order valence-electron chi connectivity index (χ3n) is 4.94. The fourth-order valence-electron chi connectivity index (χ4n) is 3.21. The second-order valence-corrected chi connectivity index (χ2v) is 7.18. The number of carbonyl (C=O) groups excluding carboxylic acids is 2. The van der Waals surface area contributed by atoms with Gasteiger partial charge in [-0.25, -0.2) is 18.3 Å². The molecule has 0 saturated heterocycles. The molecule has 1 heterocycles. The Kier molecular flexibility index (Phi) is 7.22. The second-order valence-electron chi connectivity index (χ2n) is 7.18. The van der Waals surface area contributed by atoms with Gasteiger partial charge in [0.15, 0.2) is 0 Å². The van der Waals surface area contributed by atoms with Gasteiger partial charge in [-0.15, -0.1) is 0 Å². The summed E-state index contributed by atoms with van der Waals surface area (Å²) >= 11 is 0. The summed E-state index contributed by atoms with van der Waals surface area (Å²) in [7, 11) is 2.70. The van der Waals surface area contributed by atoms with Crippen LogP contribution in [-0.2, 0) is 11.8 Å². The maximum atomic E-state index is 13.7. The van der Waals surface area contributed by atoms with Crippen molar-refractivity contribution in [2.75, 3.05) is 7.11 Å². The molecule has 0 aliphatic rings. The molecule has 1 amide bonds. The van der Waals surface area contributed by atoms with E-state index in [4.69, 9.17) is 4.74 Å². The third kappa shape index (κ3) is 5.25. The molecular weight excluding hydrogens is 432 g/mol. The lowest BCUT2D eigenvalue weighted by Crippen LogP contribution is -2.27. The number of esters is 1. The molecule has 172 valence electrons. The van der Waals surface area contributed by atoms with E-state index in [1.165, 1.54) is 14.2 Å². The van der Waals surface area contributed by atoms with Crippen LogP contribution < -0.4 is 10.1 Å². The highest BCUT2D eigenvalue weighted by Gasteiger charge is 2.30. The van der Waals surface area contributed by atoms with Crippen molar-refractivity contribution in [3.8, 4) is 11.6 Å². The van der Waals surface area contributed by atoms with Crippen molar-refractivity contribution in [2.45, 2.75) is 19.4 Å². The average molecular weight is 455 g/mol. The largest absolute Gasteiger partial charge is 0.465 e. The Balaban J connectivity index is 1.89. The predicted octanol–water partition coefficient (Wildman–Crippen LogP) is 5.07. The number of aryl methyl sites for hydroxylation is 1. The smallest absolute Gasteiger partial charge is 0.337 e. The minimum absolute atomic E-state index is 0.114. The summed E-state index contributed by atoms with van der Waals surface area (Å²) in [4.78, 5) is 24.7. The van der Waals surface area contributed by atoms with Crippen molar-refractivity contribution in [2.24, 2.45) is 7.05 Å². The number of aromatic nitrogens is 2. The number of methoxy groups -OCH3 is 1. The molecule has 3 rings (SSSR count). The fraction of sp³-hybridized carbons (Fsp3) is 0.208. The number of rotatable bonds is 8. The molecule has 0 aliphatic heterocycles. The van der Waals surface area contributed by atoms with Crippen LogP contribution in [0, 0.1) is 0 Å². The molecule has 0 spiro atoms. The number of halogens is 2. The highest BCUT2D eigenvalue weighted by molar-refractivity contribution is 5.98. The lowest BCUT2D eigenvalue weighted by atomic mass is 10.1. The van der Waals surface area contributed by atoms with Crippen molar-refractivity contribution in [1.82, 2.24) is 15.1 Å². The van der Waals surface area contributed by atoms with E-state index in [1.54, 1.807) is 61.5 Å². The summed E-state index contributed by atoms with van der Waals surface area (Å²) in [6, 6.07) is 12.7. The Hall–Kier alpha value is -4.01. The molecular formula is C24H23F2N3O4. The third-order valence-corrected chi connectivity index (χ3v) is 4.94. The fourth-order valence-corrected chi connectivity index (χ4v) is 3.21. The van der Waals surface area contributed by atoms with Gasteiger partial charge < -0.3 is 14.8 Å². The molecule has 1 atom stereocenters. The molecule has 1 unspecified atom stereocenters. The first kappa shape index (κ1) is 23.6. The first-order valence-electron chi connectivity index (χ1n) is 9.99. The van der Waals surface area contributed by atoms with E-state index < -0.39 is 30.0 Å². The van der Waals surface area contributed by atoms with Crippen LogP contribution in [0.15, 0.2) is 55.1 Å². The highest BCUT2D eigenvalue weighted by Crippen LogP contribution is 2.33. The average Bonchev–Trinajstić information content (AvgIpc) is 3.15. The van der Waals surface area contributed by atoms with Crippen molar-refractivity contribution in [3.63, 3.8) is 0 Å². The summed E-state index contributed by atoms with van der Waals surface area (Å²) < 4.78 is 38.9. The zero-order valence-electron chi connectivity index (χ0n) is 18.3. The van der Waals surface area contributed by atoms with Gasteiger partial charge in [0.25, 0.3) is 12.3 Å². The highest BCUT2D eigenvalue weighted by atomic mass is 19.3. The van der Waals surface area contributed by atoms with E-state index >= 15 is 0 Å². The van der Waals surface area contributed by atoms with Crippen molar-refractivity contribution in [1.29, 1.82) is 0 Å². The molecule has 1 aromatic heterocycles. The van der Waals surface area contributed by atoms with Gasteiger partial charge in [0.1, 0.15) is 17.0 Å².